The predicted molar refractivity (Wildman–Crippen MR) is 68.5 cm³/mol. The largest absolute Gasteiger partial charge is 0.309 e. The zero-order valence-electron chi connectivity index (χ0n) is 9.07. The molecule has 94 valence electrons. The van der Waals surface area contributed by atoms with Crippen molar-refractivity contribution in [3.8, 4) is 0 Å². The first-order valence-corrected chi connectivity index (χ1v) is 5.75. The lowest BCUT2D eigenvalue weighted by atomic mass is 10.4. The summed E-state index contributed by atoms with van der Waals surface area (Å²) in [7, 11) is 1.63. The van der Waals surface area contributed by atoms with E-state index in [0.29, 0.717) is 9.26 Å². The van der Waals surface area contributed by atoms with Gasteiger partial charge in [0.05, 0.1) is 14.7 Å². The maximum atomic E-state index is 11.9. The van der Waals surface area contributed by atoms with Crippen LogP contribution in [0.3, 0.4) is 0 Å². The van der Waals surface area contributed by atoms with Crippen molar-refractivity contribution >= 4 is 34.2 Å². The van der Waals surface area contributed by atoms with Crippen LogP contribution in [-0.4, -0.2) is 30.5 Å². The van der Waals surface area contributed by atoms with Crippen molar-refractivity contribution in [2.75, 3.05) is 5.43 Å². The van der Waals surface area contributed by atoms with E-state index in [4.69, 9.17) is 0 Å². The molecule has 0 fully saturated rings. The summed E-state index contributed by atoms with van der Waals surface area (Å²) in [6, 6.07) is 0. The molecule has 0 bridgehead atoms. The van der Waals surface area contributed by atoms with Gasteiger partial charge >= 0.3 is 5.69 Å². The highest BCUT2D eigenvalue weighted by molar-refractivity contribution is 14.1. The van der Waals surface area contributed by atoms with Crippen molar-refractivity contribution in [1.82, 2.24) is 19.7 Å². The van der Waals surface area contributed by atoms with Crippen LogP contribution in [0.5, 0.6) is 0 Å². The molecule has 0 aromatic carbocycles. The van der Waals surface area contributed by atoms with E-state index >= 15 is 0 Å². The number of rotatable bonds is 3. The standard InChI is InChI=1S/C8H7IN6O3/c1-13-7(6(9)3-10-13)8(16)12-14-4-5(2-11-14)15(17)18/h2-4H,1H3,(H,12,16). The van der Waals surface area contributed by atoms with E-state index in [2.05, 4.69) is 15.6 Å². The van der Waals surface area contributed by atoms with E-state index < -0.39 is 10.8 Å². The Hall–Kier alpha value is -1.98. The van der Waals surface area contributed by atoms with Gasteiger partial charge in [0.15, 0.2) is 0 Å². The molecule has 10 heteroatoms. The number of amides is 1. The second-order valence-corrected chi connectivity index (χ2v) is 4.47. The fraction of sp³-hybridized carbons (Fsp3) is 0.125. The fourth-order valence-electron chi connectivity index (χ4n) is 1.29. The Morgan fingerprint density at radius 1 is 1.50 bits per heavy atom. The van der Waals surface area contributed by atoms with E-state index in [1.807, 2.05) is 22.6 Å². The first-order chi connectivity index (χ1) is 8.49. The Labute approximate surface area is 114 Å². The molecule has 1 N–H and O–H groups in total. The molecule has 2 aromatic heterocycles. The monoisotopic (exact) mass is 362 g/mol. The number of hydrogen-bond donors (Lipinski definition) is 1. The van der Waals surface area contributed by atoms with Crippen LogP contribution in [-0.2, 0) is 7.05 Å². The Balaban J connectivity index is 2.19. The quantitative estimate of drug-likeness (QED) is 0.486. The molecule has 2 rings (SSSR count). The molecule has 0 unspecified atom stereocenters. The second kappa shape index (κ2) is 4.72. The SMILES string of the molecule is Cn1ncc(I)c1C(=O)Nn1cc([N+](=O)[O-])cn1. The van der Waals surface area contributed by atoms with Crippen LogP contribution in [0.25, 0.3) is 0 Å². The van der Waals surface area contributed by atoms with Crippen LogP contribution < -0.4 is 5.43 Å². The van der Waals surface area contributed by atoms with Gasteiger partial charge in [-0.15, -0.1) is 0 Å². The van der Waals surface area contributed by atoms with Gasteiger partial charge in [-0.2, -0.15) is 15.0 Å². The molecular weight excluding hydrogens is 355 g/mol. The molecular formula is C8H7IN6O3. The first-order valence-electron chi connectivity index (χ1n) is 4.67. The Kier molecular flexibility index (Phi) is 3.27. The molecule has 9 nitrogen and oxygen atoms in total. The summed E-state index contributed by atoms with van der Waals surface area (Å²) < 4.78 is 2.09. The van der Waals surface area contributed by atoms with Gasteiger partial charge in [0.2, 0.25) is 0 Å². The molecule has 2 heterocycles. The number of carbonyl (C=O) groups is 1. The third-order valence-corrected chi connectivity index (χ3v) is 2.89. The predicted octanol–water partition coefficient (Wildman–Crippen LogP) is 0.513. The average molecular weight is 362 g/mol. The first kappa shape index (κ1) is 12.5. The minimum absolute atomic E-state index is 0.199. The number of nitro groups is 1. The molecule has 0 aliphatic carbocycles. The van der Waals surface area contributed by atoms with E-state index in [-0.39, 0.29) is 5.69 Å². The van der Waals surface area contributed by atoms with E-state index in [1.165, 1.54) is 4.68 Å². The fourth-order valence-corrected chi connectivity index (χ4v) is 2.01. The second-order valence-electron chi connectivity index (χ2n) is 3.31. The van der Waals surface area contributed by atoms with Gasteiger partial charge < -0.3 is 0 Å². The third-order valence-electron chi connectivity index (χ3n) is 2.11. The molecule has 0 saturated heterocycles. The summed E-state index contributed by atoms with van der Waals surface area (Å²) in [4.78, 5) is 22.7. The molecule has 0 atom stereocenters. The van der Waals surface area contributed by atoms with Gasteiger partial charge in [0.1, 0.15) is 18.1 Å². The van der Waals surface area contributed by atoms with Crippen LogP contribution in [0.4, 0.5) is 5.69 Å². The average Bonchev–Trinajstić information content (AvgIpc) is 2.86. The number of halogens is 1. The number of hydrogen-bond acceptors (Lipinski definition) is 5. The van der Waals surface area contributed by atoms with Crippen molar-refractivity contribution in [2.45, 2.75) is 0 Å². The lowest BCUT2D eigenvalue weighted by Crippen LogP contribution is -2.26. The van der Waals surface area contributed by atoms with Crippen molar-refractivity contribution in [2.24, 2.45) is 7.05 Å². The summed E-state index contributed by atoms with van der Waals surface area (Å²) >= 11 is 1.97. The summed E-state index contributed by atoms with van der Waals surface area (Å²) in [6.45, 7) is 0. The van der Waals surface area contributed by atoms with Crippen LogP contribution in [0.15, 0.2) is 18.6 Å². The maximum absolute atomic E-state index is 11.9. The van der Waals surface area contributed by atoms with Crippen LogP contribution in [0.2, 0.25) is 0 Å². The molecule has 2 aromatic rings. The van der Waals surface area contributed by atoms with Gasteiger partial charge in [-0.05, 0) is 22.6 Å². The van der Waals surface area contributed by atoms with Gasteiger partial charge in [-0.25, -0.2) is 5.43 Å². The highest BCUT2D eigenvalue weighted by Gasteiger charge is 2.17. The number of aryl methyl sites for hydroxylation is 1. The maximum Gasteiger partial charge on any atom is 0.309 e. The van der Waals surface area contributed by atoms with Crippen LogP contribution in [0.1, 0.15) is 10.5 Å². The van der Waals surface area contributed by atoms with Crippen molar-refractivity contribution in [3.63, 3.8) is 0 Å². The number of carbonyl (C=O) groups excluding carboxylic acids is 1. The van der Waals surface area contributed by atoms with Gasteiger partial charge in [-0.3, -0.25) is 19.6 Å². The smallest absolute Gasteiger partial charge is 0.266 e. The van der Waals surface area contributed by atoms with Gasteiger partial charge in [0, 0.05) is 7.05 Å². The topological polar surface area (TPSA) is 108 Å². The van der Waals surface area contributed by atoms with Crippen molar-refractivity contribution in [3.05, 3.63) is 38.0 Å². The molecule has 0 saturated carbocycles. The molecule has 1 amide bonds. The third kappa shape index (κ3) is 2.32. The van der Waals surface area contributed by atoms with E-state index in [9.17, 15) is 14.9 Å². The lowest BCUT2D eigenvalue weighted by molar-refractivity contribution is -0.384. The van der Waals surface area contributed by atoms with Crippen LogP contribution in [0, 0.1) is 13.7 Å². The van der Waals surface area contributed by atoms with Gasteiger partial charge in [0.25, 0.3) is 5.91 Å². The Morgan fingerprint density at radius 3 is 2.72 bits per heavy atom. The molecule has 0 radical (unpaired) electrons. The van der Waals surface area contributed by atoms with Crippen molar-refractivity contribution in [1.29, 1.82) is 0 Å². The zero-order chi connectivity index (χ0) is 13.3. The summed E-state index contributed by atoms with van der Waals surface area (Å²) in [5.41, 5.74) is 2.55. The lowest BCUT2D eigenvalue weighted by Gasteiger charge is -2.04. The normalized spacial score (nSPS) is 10.3. The summed E-state index contributed by atoms with van der Waals surface area (Å²) in [5, 5.41) is 18.0. The van der Waals surface area contributed by atoms with Gasteiger partial charge in [-0.1, -0.05) is 0 Å². The van der Waals surface area contributed by atoms with Crippen LogP contribution >= 0.6 is 22.6 Å². The summed E-state index contributed by atoms with van der Waals surface area (Å²) in [6.07, 6.45) is 3.70. The Morgan fingerprint density at radius 2 is 2.22 bits per heavy atom. The molecule has 0 aliphatic heterocycles. The van der Waals surface area contributed by atoms with E-state index in [1.54, 1.807) is 13.2 Å². The number of aromatic nitrogens is 4. The Bertz CT molecular complexity index is 599. The molecule has 0 aliphatic rings. The highest BCUT2D eigenvalue weighted by atomic mass is 127. The minimum atomic E-state index is -0.594. The summed E-state index contributed by atoms with van der Waals surface area (Å²) in [5.74, 6) is -0.447. The zero-order valence-corrected chi connectivity index (χ0v) is 11.2. The molecule has 0 spiro atoms. The van der Waals surface area contributed by atoms with Crippen molar-refractivity contribution < 1.29 is 9.72 Å². The molecule has 18 heavy (non-hydrogen) atoms. The highest BCUT2D eigenvalue weighted by Crippen LogP contribution is 2.11. The van der Waals surface area contributed by atoms with E-state index in [0.717, 1.165) is 17.2 Å². The minimum Gasteiger partial charge on any atom is -0.266 e. The number of nitrogens with one attached hydrogen (secondary N) is 1. The number of nitrogens with zero attached hydrogens (tertiary/aromatic N) is 5.